The standard InChI is InChI=1S/C12H19NOS/c1-9-7-10(8-15-9)12(14)5-3-11(13-2)4-6-12/h7-8,11,13-14H,3-6H2,1-2H3. The zero-order valence-electron chi connectivity index (χ0n) is 9.42. The minimum atomic E-state index is -0.557. The van der Waals surface area contributed by atoms with Crippen LogP contribution >= 0.6 is 11.3 Å². The number of hydrogen-bond donors (Lipinski definition) is 2. The zero-order chi connectivity index (χ0) is 10.9. The maximum atomic E-state index is 10.5. The molecule has 2 rings (SSSR count). The van der Waals surface area contributed by atoms with Crippen molar-refractivity contribution in [3.8, 4) is 0 Å². The molecule has 3 heteroatoms. The van der Waals surface area contributed by atoms with E-state index in [-0.39, 0.29) is 0 Å². The Balaban J connectivity index is 2.09. The van der Waals surface area contributed by atoms with E-state index >= 15 is 0 Å². The number of hydrogen-bond acceptors (Lipinski definition) is 3. The molecule has 0 saturated heterocycles. The van der Waals surface area contributed by atoms with Crippen molar-refractivity contribution in [1.82, 2.24) is 5.32 Å². The van der Waals surface area contributed by atoms with Crippen molar-refractivity contribution in [2.75, 3.05) is 7.05 Å². The van der Waals surface area contributed by atoms with Gasteiger partial charge in [0.2, 0.25) is 0 Å². The molecule has 2 N–H and O–H groups in total. The maximum absolute atomic E-state index is 10.5. The van der Waals surface area contributed by atoms with Gasteiger partial charge in [0.15, 0.2) is 0 Å². The Kier molecular flexibility index (Phi) is 3.14. The summed E-state index contributed by atoms with van der Waals surface area (Å²) < 4.78 is 0. The summed E-state index contributed by atoms with van der Waals surface area (Å²) in [5.74, 6) is 0. The van der Waals surface area contributed by atoms with Crippen molar-refractivity contribution in [3.05, 3.63) is 21.9 Å². The smallest absolute Gasteiger partial charge is 0.0905 e. The Morgan fingerprint density at radius 3 is 2.60 bits per heavy atom. The minimum absolute atomic E-state index is 0.557. The molecule has 1 aromatic heterocycles. The number of aliphatic hydroxyl groups is 1. The molecule has 1 saturated carbocycles. The molecule has 0 radical (unpaired) electrons. The average molecular weight is 225 g/mol. The van der Waals surface area contributed by atoms with Crippen molar-refractivity contribution in [3.63, 3.8) is 0 Å². The number of thiophene rings is 1. The van der Waals surface area contributed by atoms with Gasteiger partial charge >= 0.3 is 0 Å². The summed E-state index contributed by atoms with van der Waals surface area (Å²) in [6.45, 7) is 2.09. The molecule has 0 amide bonds. The maximum Gasteiger partial charge on any atom is 0.0905 e. The quantitative estimate of drug-likeness (QED) is 0.810. The van der Waals surface area contributed by atoms with Crippen molar-refractivity contribution in [2.24, 2.45) is 0 Å². The molecule has 2 nitrogen and oxygen atoms in total. The molecular formula is C12H19NOS. The first-order valence-electron chi connectivity index (χ1n) is 5.59. The van der Waals surface area contributed by atoms with Crippen LogP contribution in [0.1, 0.15) is 36.1 Å². The van der Waals surface area contributed by atoms with E-state index in [4.69, 9.17) is 0 Å². The molecule has 1 aromatic rings. The SMILES string of the molecule is CNC1CCC(O)(c2csc(C)c2)CC1. The highest BCUT2D eigenvalue weighted by Gasteiger charge is 2.34. The van der Waals surface area contributed by atoms with Gasteiger partial charge in [-0.05, 0) is 56.7 Å². The van der Waals surface area contributed by atoms with Gasteiger partial charge in [0.25, 0.3) is 0 Å². The predicted molar refractivity (Wildman–Crippen MR) is 64.3 cm³/mol. The van der Waals surface area contributed by atoms with Crippen molar-refractivity contribution >= 4 is 11.3 Å². The van der Waals surface area contributed by atoms with Crippen LogP contribution in [0.25, 0.3) is 0 Å². The summed E-state index contributed by atoms with van der Waals surface area (Å²) in [5.41, 5.74) is 0.567. The van der Waals surface area contributed by atoms with E-state index in [1.165, 1.54) is 4.88 Å². The molecule has 1 heterocycles. The Morgan fingerprint density at radius 1 is 1.47 bits per heavy atom. The highest BCUT2D eigenvalue weighted by atomic mass is 32.1. The third-order valence-electron chi connectivity index (χ3n) is 3.49. The van der Waals surface area contributed by atoms with Gasteiger partial charge < -0.3 is 10.4 Å². The number of nitrogens with one attached hydrogen (secondary N) is 1. The molecular weight excluding hydrogens is 206 g/mol. The predicted octanol–water partition coefficient (Wildman–Crippen LogP) is 2.41. The fraction of sp³-hybridized carbons (Fsp3) is 0.667. The van der Waals surface area contributed by atoms with Crippen LogP contribution in [0.4, 0.5) is 0 Å². The fourth-order valence-electron chi connectivity index (χ4n) is 2.36. The van der Waals surface area contributed by atoms with E-state index in [9.17, 15) is 5.11 Å². The topological polar surface area (TPSA) is 32.3 Å². The monoisotopic (exact) mass is 225 g/mol. The molecule has 0 spiro atoms. The second-order valence-corrected chi connectivity index (χ2v) is 5.66. The fourth-order valence-corrected chi connectivity index (χ4v) is 3.16. The van der Waals surface area contributed by atoms with E-state index in [1.807, 2.05) is 7.05 Å². The number of rotatable bonds is 2. The van der Waals surface area contributed by atoms with Crippen LogP contribution in [0.2, 0.25) is 0 Å². The first kappa shape index (κ1) is 11.1. The summed E-state index contributed by atoms with van der Waals surface area (Å²) in [5, 5.41) is 15.9. The third-order valence-corrected chi connectivity index (χ3v) is 4.35. The highest BCUT2D eigenvalue weighted by molar-refractivity contribution is 7.10. The van der Waals surface area contributed by atoms with Crippen LogP contribution in [0.5, 0.6) is 0 Å². The molecule has 1 aliphatic rings. The van der Waals surface area contributed by atoms with E-state index in [0.717, 1.165) is 31.2 Å². The van der Waals surface area contributed by atoms with Crippen LogP contribution in [-0.4, -0.2) is 18.2 Å². The van der Waals surface area contributed by atoms with Gasteiger partial charge in [-0.15, -0.1) is 11.3 Å². The lowest BCUT2D eigenvalue weighted by Crippen LogP contribution is -2.38. The molecule has 0 aliphatic heterocycles. The summed E-state index contributed by atoms with van der Waals surface area (Å²) >= 11 is 1.73. The van der Waals surface area contributed by atoms with Gasteiger partial charge in [-0.3, -0.25) is 0 Å². The molecule has 84 valence electrons. The molecule has 15 heavy (non-hydrogen) atoms. The summed E-state index contributed by atoms with van der Waals surface area (Å²) in [4.78, 5) is 1.29. The normalized spacial score (nSPS) is 31.8. The van der Waals surface area contributed by atoms with Crippen molar-refractivity contribution < 1.29 is 5.11 Å². The Bertz CT molecular complexity index is 326. The van der Waals surface area contributed by atoms with E-state index in [1.54, 1.807) is 11.3 Å². The second-order valence-electron chi connectivity index (χ2n) is 4.54. The van der Waals surface area contributed by atoms with Gasteiger partial charge in [0, 0.05) is 10.9 Å². The van der Waals surface area contributed by atoms with Gasteiger partial charge in [0.05, 0.1) is 5.60 Å². The van der Waals surface area contributed by atoms with Gasteiger partial charge in [-0.25, -0.2) is 0 Å². The van der Waals surface area contributed by atoms with Crippen LogP contribution in [0, 0.1) is 6.92 Å². The van der Waals surface area contributed by atoms with Crippen LogP contribution in [0.3, 0.4) is 0 Å². The van der Waals surface area contributed by atoms with Gasteiger partial charge in [-0.2, -0.15) is 0 Å². The average Bonchev–Trinajstić information content (AvgIpc) is 2.67. The first-order chi connectivity index (χ1) is 7.14. The zero-order valence-corrected chi connectivity index (χ0v) is 10.2. The van der Waals surface area contributed by atoms with Crippen molar-refractivity contribution in [2.45, 2.75) is 44.2 Å². The van der Waals surface area contributed by atoms with Crippen LogP contribution in [-0.2, 0) is 5.60 Å². The molecule has 1 fully saturated rings. The largest absolute Gasteiger partial charge is 0.385 e. The molecule has 0 aromatic carbocycles. The lowest BCUT2D eigenvalue weighted by atomic mass is 9.78. The highest BCUT2D eigenvalue weighted by Crippen LogP contribution is 2.38. The Hall–Kier alpha value is -0.380. The summed E-state index contributed by atoms with van der Waals surface area (Å²) in [7, 11) is 2.00. The summed E-state index contributed by atoms with van der Waals surface area (Å²) in [6, 6.07) is 2.72. The molecule has 0 bridgehead atoms. The van der Waals surface area contributed by atoms with Gasteiger partial charge in [-0.1, -0.05) is 0 Å². The minimum Gasteiger partial charge on any atom is -0.385 e. The third kappa shape index (κ3) is 2.25. The molecule has 0 atom stereocenters. The van der Waals surface area contributed by atoms with Crippen LogP contribution in [0.15, 0.2) is 11.4 Å². The molecule has 0 unspecified atom stereocenters. The van der Waals surface area contributed by atoms with Gasteiger partial charge in [0.1, 0.15) is 0 Å². The number of aryl methyl sites for hydroxylation is 1. The Morgan fingerprint density at radius 2 is 2.13 bits per heavy atom. The van der Waals surface area contributed by atoms with E-state index in [2.05, 4.69) is 23.7 Å². The molecule has 1 aliphatic carbocycles. The summed E-state index contributed by atoms with van der Waals surface area (Å²) in [6.07, 6.45) is 3.91. The first-order valence-corrected chi connectivity index (χ1v) is 6.47. The van der Waals surface area contributed by atoms with E-state index in [0.29, 0.717) is 6.04 Å². The lowest BCUT2D eigenvalue weighted by Gasteiger charge is -2.35. The Labute approximate surface area is 95.3 Å². The lowest BCUT2D eigenvalue weighted by molar-refractivity contribution is -0.00728. The second kappa shape index (κ2) is 4.24. The van der Waals surface area contributed by atoms with Crippen LogP contribution < -0.4 is 5.32 Å². The van der Waals surface area contributed by atoms with Crippen molar-refractivity contribution in [1.29, 1.82) is 0 Å². The van der Waals surface area contributed by atoms with E-state index < -0.39 is 5.60 Å².